The molecule has 0 fully saturated rings. The number of ether oxygens (including phenoxy) is 1. The van der Waals surface area contributed by atoms with Gasteiger partial charge in [0.1, 0.15) is 28.7 Å². The van der Waals surface area contributed by atoms with E-state index in [0.29, 0.717) is 18.2 Å². The topological polar surface area (TPSA) is 95.9 Å². The number of allylic oxidation sites excluding steroid dienone is 2. The Bertz CT molecular complexity index is 786. The summed E-state index contributed by atoms with van der Waals surface area (Å²) in [5.74, 6) is 2.06. The monoisotopic (exact) mass is 590 g/mol. The van der Waals surface area contributed by atoms with Gasteiger partial charge in [-0.15, -0.1) is 12.8 Å². The fourth-order valence-corrected chi connectivity index (χ4v) is 3.86. The molecule has 0 aliphatic heterocycles. The maximum Gasteiger partial charge on any atom is 0.370 e. The highest BCUT2D eigenvalue weighted by atomic mass is 32.2. The largest absolute Gasteiger partial charge is 0.511 e. The Balaban J connectivity index is -0.000000607. The highest BCUT2D eigenvalue weighted by Gasteiger charge is 2.24. The van der Waals surface area contributed by atoms with Crippen LogP contribution < -0.4 is 20.4 Å². The number of aliphatic hydroxyl groups excluding tert-OH is 1. The summed E-state index contributed by atoms with van der Waals surface area (Å²) in [6.45, 7) is 26.2. The first-order valence-corrected chi connectivity index (χ1v) is 15.2. The van der Waals surface area contributed by atoms with Crippen LogP contribution in [0.3, 0.4) is 0 Å². The maximum absolute atomic E-state index is 9.95. The quantitative estimate of drug-likeness (QED) is 0.113. The Morgan fingerprint density at radius 2 is 1.69 bits per heavy atom. The van der Waals surface area contributed by atoms with Crippen LogP contribution in [0.5, 0.6) is 0 Å². The van der Waals surface area contributed by atoms with Crippen molar-refractivity contribution < 1.29 is 24.2 Å². The van der Waals surface area contributed by atoms with Crippen molar-refractivity contribution >= 4 is 35.3 Å². The van der Waals surface area contributed by atoms with Crippen molar-refractivity contribution in [3.05, 3.63) is 33.4 Å². The number of hydrogen-bond donors (Lipinski definition) is 3. The number of rotatable bonds is 14. The smallest absolute Gasteiger partial charge is 0.370 e. The van der Waals surface area contributed by atoms with Crippen LogP contribution in [0.4, 0.5) is 11.6 Å². The van der Waals surface area contributed by atoms with E-state index in [2.05, 4.69) is 60.6 Å². The molecule has 1 aromatic heterocycles. The molecule has 0 amide bonds. The lowest BCUT2D eigenvalue weighted by molar-refractivity contribution is -1.01. The maximum atomic E-state index is 9.95. The number of hydrogen-bond acceptors (Lipinski definition) is 10. The lowest BCUT2D eigenvalue weighted by Gasteiger charge is -2.17. The van der Waals surface area contributed by atoms with Gasteiger partial charge in [0, 0.05) is 18.5 Å². The first-order chi connectivity index (χ1) is 18.8. The second-order valence-electron chi connectivity index (χ2n) is 6.94. The first kappa shape index (κ1) is 43.6. The molecule has 1 rings (SSSR count). The molecule has 0 spiro atoms. The van der Waals surface area contributed by atoms with Crippen molar-refractivity contribution in [2.75, 3.05) is 37.4 Å². The average Bonchev–Trinajstić information content (AvgIpc) is 3.35. The third-order valence-corrected chi connectivity index (χ3v) is 6.12. The van der Waals surface area contributed by atoms with Crippen molar-refractivity contribution in [3.8, 4) is 12.8 Å². The SMILES string of the molecule is C#C.C/C=C(/CNc1no[n+](OC)c1N/C=C/S/C(SN(CC)CC)=C(\C)O)OC(C)C.CC.CC.CCC. The standard InChI is InChI=1S/C19H33N5O4S2.C3H8.2C2H6.C2H2/c1-8-16(27-14(4)5)13-21-17-18(24(26-7)28-22-17)20-11-12-29-19(15(6)25)30-23(9-2)10-3;1-3-2;3*1-2/h8,11-12,14H,9-10,13H2,1-7H3,(H2,21,22,25);3H2,1-2H3;2*1-2H3;1-2H/p+1/b12-11+,16-8-,19-15-;;;;. The van der Waals surface area contributed by atoms with Crippen LogP contribution in [0, 0.1) is 12.8 Å². The Kier molecular flexibility index (Phi) is 35.6. The molecule has 0 bridgehead atoms. The van der Waals surface area contributed by atoms with Crippen LogP contribution in [0.15, 0.2) is 38.1 Å². The summed E-state index contributed by atoms with van der Waals surface area (Å²) in [6.07, 6.45) is 13.0. The predicted octanol–water partition coefficient (Wildman–Crippen LogP) is 7.83. The van der Waals surface area contributed by atoms with E-state index < -0.39 is 0 Å². The molecule has 228 valence electrons. The second kappa shape index (κ2) is 31.8. The van der Waals surface area contributed by atoms with E-state index in [1.807, 2.05) is 60.0 Å². The molecule has 0 radical (unpaired) electrons. The van der Waals surface area contributed by atoms with Gasteiger partial charge in [-0.05, 0) is 45.7 Å². The van der Waals surface area contributed by atoms with E-state index in [0.717, 1.165) is 28.0 Å². The highest BCUT2D eigenvalue weighted by Crippen LogP contribution is 2.34. The van der Waals surface area contributed by atoms with Gasteiger partial charge < -0.3 is 20.0 Å². The summed E-state index contributed by atoms with van der Waals surface area (Å²) >= 11 is 2.94. The summed E-state index contributed by atoms with van der Waals surface area (Å²) in [6, 6.07) is 0. The molecule has 1 heterocycles. The summed E-state index contributed by atoms with van der Waals surface area (Å²) in [5.41, 5.74) is 0. The van der Waals surface area contributed by atoms with Gasteiger partial charge in [0.25, 0.3) is 0 Å². The second-order valence-corrected chi connectivity index (χ2v) is 9.22. The molecule has 0 unspecified atom stereocenters. The van der Waals surface area contributed by atoms with E-state index in [1.165, 1.54) is 37.2 Å². The van der Waals surface area contributed by atoms with Crippen molar-refractivity contribution in [3.63, 3.8) is 0 Å². The van der Waals surface area contributed by atoms with Crippen LogP contribution in [-0.2, 0) is 4.74 Å². The molecule has 0 aliphatic rings. The molecular weight excluding hydrogens is 534 g/mol. The van der Waals surface area contributed by atoms with Crippen LogP contribution >= 0.6 is 23.7 Å². The normalized spacial score (nSPS) is 10.9. The Morgan fingerprint density at radius 3 is 2.10 bits per heavy atom. The summed E-state index contributed by atoms with van der Waals surface area (Å²) in [5, 5.41) is 22.0. The number of anilines is 2. The van der Waals surface area contributed by atoms with Gasteiger partial charge >= 0.3 is 11.6 Å². The number of aliphatic hydroxyl groups is 1. The molecule has 3 N–H and O–H groups in total. The molecule has 1 aromatic rings. The van der Waals surface area contributed by atoms with Crippen LogP contribution in [-0.4, -0.2) is 47.4 Å². The summed E-state index contributed by atoms with van der Waals surface area (Å²) < 4.78 is 13.8. The van der Waals surface area contributed by atoms with Gasteiger partial charge in [0.05, 0.1) is 23.1 Å². The molecule has 0 saturated heterocycles. The number of thioether (sulfide) groups is 1. The van der Waals surface area contributed by atoms with Crippen LogP contribution in [0.25, 0.3) is 0 Å². The summed E-state index contributed by atoms with van der Waals surface area (Å²) in [4.78, 5) is 6.32. The molecule has 11 heteroatoms. The highest BCUT2D eigenvalue weighted by molar-refractivity contribution is 8.22. The Labute approximate surface area is 247 Å². The van der Waals surface area contributed by atoms with Crippen molar-refractivity contribution in [1.29, 1.82) is 0 Å². The fourth-order valence-electron chi connectivity index (χ4n) is 2.15. The molecule has 9 nitrogen and oxygen atoms in total. The van der Waals surface area contributed by atoms with E-state index >= 15 is 0 Å². The molecule has 39 heavy (non-hydrogen) atoms. The molecule has 0 aliphatic carbocycles. The molecule has 0 atom stereocenters. The zero-order valence-electron chi connectivity index (χ0n) is 26.6. The van der Waals surface area contributed by atoms with Crippen molar-refractivity contribution in [1.82, 2.24) is 9.46 Å². The Morgan fingerprint density at radius 1 is 1.15 bits per heavy atom. The third kappa shape index (κ3) is 22.1. The fraction of sp³-hybridized carbons (Fsp3) is 0.643. The van der Waals surface area contributed by atoms with E-state index in [-0.39, 0.29) is 11.9 Å². The zero-order valence-corrected chi connectivity index (χ0v) is 28.3. The lowest BCUT2D eigenvalue weighted by Crippen LogP contribution is -2.40. The number of terminal acetylenes is 1. The van der Waals surface area contributed by atoms with E-state index in [4.69, 9.17) is 14.2 Å². The predicted molar refractivity (Wildman–Crippen MR) is 172 cm³/mol. The van der Waals surface area contributed by atoms with Crippen molar-refractivity contribution in [2.45, 2.75) is 95.6 Å². The zero-order chi connectivity index (χ0) is 31.2. The average molecular weight is 591 g/mol. The first-order valence-electron chi connectivity index (χ1n) is 13.5. The molecular formula is C28H56N5O4S2+. The van der Waals surface area contributed by atoms with Crippen LogP contribution in [0.2, 0.25) is 0 Å². The Hall–Kier alpha value is -2.42. The van der Waals surface area contributed by atoms with E-state index in [1.54, 1.807) is 13.1 Å². The van der Waals surface area contributed by atoms with Gasteiger partial charge in [0.15, 0.2) is 0 Å². The summed E-state index contributed by atoms with van der Waals surface area (Å²) in [7, 11) is 1.48. The van der Waals surface area contributed by atoms with Gasteiger partial charge in [-0.1, -0.05) is 78.2 Å². The minimum absolute atomic E-state index is 0.0863. The number of nitrogens with zero attached hydrogens (tertiary/aromatic N) is 3. The third-order valence-electron chi connectivity index (χ3n) is 3.59. The minimum Gasteiger partial charge on any atom is -0.511 e. The minimum atomic E-state index is 0.0863. The van der Waals surface area contributed by atoms with Crippen molar-refractivity contribution in [2.24, 2.45) is 0 Å². The van der Waals surface area contributed by atoms with Gasteiger partial charge in [0.2, 0.25) is 0 Å². The van der Waals surface area contributed by atoms with Gasteiger partial charge in [-0.25, -0.2) is 4.31 Å². The van der Waals surface area contributed by atoms with E-state index in [9.17, 15) is 5.11 Å². The number of nitrogens with one attached hydrogen (secondary N) is 2. The van der Waals surface area contributed by atoms with Crippen LogP contribution in [0.1, 0.15) is 89.5 Å². The van der Waals surface area contributed by atoms with Gasteiger partial charge in [-0.2, -0.15) is 0 Å². The molecule has 0 saturated carbocycles. The molecule has 0 aromatic carbocycles. The number of aromatic nitrogens is 2. The lowest BCUT2D eigenvalue weighted by atomic mass is 10.4. The van der Waals surface area contributed by atoms with Gasteiger partial charge in [-0.3, -0.25) is 5.32 Å².